The maximum Gasteiger partial charge on any atom is 0.220 e. The molecule has 0 unspecified atom stereocenters. The lowest BCUT2D eigenvalue weighted by Gasteiger charge is -2.04. The summed E-state index contributed by atoms with van der Waals surface area (Å²) in [6, 6.07) is 10.1. The van der Waals surface area contributed by atoms with Gasteiger partial charge in [0.2, 0.25) is 5.91 Å². The predicted molar refractivity (Wildman–Crippen MR) is 76.9 cm³/mol. The van der Waals surface area contributed by atoms with E-state index in [0.717, 1.165) is 22.9 Å². The maximum absolute atomic E-state index is 11.5. The molecule has 0 aliphatic carbocycles. The quantitative estimate of drug-likeness (QED) is 0.809. The van der Waals surface area contributed by atoms with E-state index in [9.17, 15) is 4.79 Å². The van der Waals surface area contributed by atoms with Gasteiger partial charge in [0.05, 0.1) is 5.52 Å². The molecule has 0 saturated heterocycles. The second kappa shape index (κ2) is 6.40. The summed E-state index contributed by atoms with van der Waals surface area (Å²) in [4.78, 5) is 15.8. The normalized spacial score (nSPS) is 10.5. The standard InChI is InChI=1S/C14H16N2OS/c17-14(16-8-9-18)6-4-11-3-5-12-2-1-7-15-13(12)10-11/h1-3,5,7,10,18H,4,6,8-9H2,(H,16,17). The van der Waals surface area contributed by atoms with Crippen LogP contribution in [-0.2, 0) is 11.2 Å². The van der Waals surface area contributed by atoms with Crippen LogP contribution in [0.5, 0.6) is 0 Å². The molecule has 1 heterocycles. The lowest BCUT2D eigenvalue weighted by molar-refractivity contribution is -0.120. The molecule has 3 nitrogen and oxygen atoms in total. The summed E-state index contributed by atoms with van der Waals surface area (Å²) in [5.74, 6) is 0.746. The first-order valence-electron chi connectivity index (χ1n) is 6.01. The van der Waals surface area contributed by atoms with Crippen molar-refractivity contribution in [1.82, 2.24) is 10.3 Å². The van der Waals surface area contributed by atoms with E-state index in [0.29, 0.717) is 18.7 Å². The van der Waals surface area contributed by atoms with Gasteiger partial charge < -0.3 is 5.32 Å². The van der Waals surface area contributed by atoms with Gasteiger partial charge in [0.25, 0.3) is 0 Å². The van der Waals surface area contributed by atoms with Crippen LogP contribution in [0, 0.1) is 0 Å². The Labute approximate surface area is 112 Å². The lowest BCUT2D eigenvalue weighted by atomic mass is 10.1. The van der Waals surface area contributed by atoms with Gasteiger partial charge in [0.15, 0.2) is 0 Å². The Morgan fingerprint density at radius 3 is 3.06 bits per heavy atom. The van der Waals surface area contributed by atoms with Crippen molar-refractivity contribution >= 4 is 29.4 Å². The lowest BCUT2D eigenvalue weighted by Crippen LogP contribution is -2.25. The summed E-state index contributed by atoms with van der Waals surface area (Å²) >= 11 is 4.05. The molecule has 1 aromatic carbocycles. The Kier molecular flexibility index (Phi) is 4.59. The fourth-order valence-corrected chi connectivity index (χ4v) is 1.92. The minimum atomic E-state index is 0.0742. The van der Waals surface area contributed by atoms with E-state index in [1.165, 1.54) is 0 Å². The van der Waals surface area contributed by atoms with E-state index in [1.54, 1.807) is 6.20 Å². The number of nitrogens with one attached hydrogen (secondary N) is 1. The van der Waals surface area contributed by atoms with Crippen molar-refractivity contribution in [3.63, 3.8) is 0 Å². The summed E-state index contributed by atoms with van der Waals surface area (Å²) in [7, 11) is 0. The van der Waals surface area contributed by atoms with Crippen molar-refractivity contribution in [3.8, 4) is 0 Å². The summed E-state index contributed by atoms with van der Waals surface area (Å²) < 4.78 is 0. The average Bonchev–Trinajstić information content (AvgIpc) is 2.42. The molecule has 94 valence electrons. The van der Waals surface area contributed by atoms with Gasteiger partial charge in [-0.2, -0.15) is 12.6 Å². The molecule has 0 radical (unpaired) electrons. The Hall–Kier alpha value is -1.55. The van der Waals surface area contributed by atoms with Gasteiger partial charge in [0, 0.05) is 30.3 Å². The first-order valence-corrected chi connectivity index (χ1v) is 6.64. The number of aromatic nitrogens is 1. The van der Waals surface area contributed by atoms with Gasteiger partial charge in [-0.3, -0.25) is 9.78 Å². The molecule has 4 heteroatoms. The number of nitrogens with zero attached hydrogens (tertiary/aromatic N) is 1. The van der Waals surface area contributed by atoms with Crippen LogP contribution in [0.25, 0.3) is 10.9 Å². The molecule has 0 fully saturated rings. The number of rotatable bonds is 5. The number of benzene rings is 1. The molecule has 0 bridgehead atoms. The number of aryl methyl sites for hydroxylation is 1. The Bertz CT molecular complexity index is 542. The molecule has 18 heavy (non-hydrogen) atoms. The highest BCUT2D eigenvalue weighted by molar-refractivity contribution is 7.80. The third-order valence-electron chi connectivity index (χ3n) is 2.75. The van der Waals surface area contributed by atoms with Crippen LogP contribution in [0.1, 0.15) is 12.0 Å². The first kappa shape index (κ1) is 12.9. The Morgan fingerprint density at radius 1 is 1.33 bits per heavy atom. The van der Waals surface area contributed by atoms with Crippen molar-refractivity contribution in [3.05, 3.63) is 42.1 Å². The Morgan fingerprint density at radius 2 is 2.22 bits per heavy atom. The maximum atomic E-state index is 11.5. The molecule has 1 aromatic heterocycles. The fraction of sp³-hybridized carbons (Fsp3) is 0.286. The fourth-order valence-electron chi connectivity index (χ4n) is 1.81. The van der Waals surface area contributed by atoms with Gasteiger partial charge in [-0.1, -0.05) is 18.2 Å². The van der Waals surface area contributed by atoms with Gasteiger partial charge >= 0.3 is 0 Å². The predicted octanol–water partition coefficient (Wildman–Crippen LogP) is 2.21. The molecule has 0 saturated carbocycles. The third kappa shape index (κ3) is 3.47. The van der Waals surface area contributed by atoms with E-state index in [-0.39, 0.29) is 5.91 Å². The molecule has 2 aromatic rings. The van der Waals surface area contributed by atoms with Crippen molar-refractivity contribution in [2.24, 2.45) is 0 Å². The second-order valence-electron chi connectivity index (χ2n) is 4.10. The first-order chi connectivity index (χ1) is 8.79. The molecule has 2 rings (SSSR count). The SMILES string of the molecule is O=C(CCc1ccc2cccnc2c1)NCCS. The molecule has 0 aliphatic rings. The number of carbonyl (C=O) groups excluding carboxylic acids is 1. The molecule has 0 spiro atoms. The largest absolute Gasteiger partial charge is 0.355 e. The summed E-state index contributed by atoms with van der Waals surface area (Å²) in [6.07, 6.45) is 3.03. The van der Waals surface area contributed by atoms with Crippen LogP contribution < -0.4 is 5.32 Å². The van der Waals surface area contributed by atoms with Gasteiger partial charge in [-0.25, -0.2) is 0 Å². The minimum absolute atomic E-state index is 0.0742. The highest BCUT2D eigenvalue weighted by Gasteiger charge is 2.02. The topological polar surface area (TPSA) is 42.0 Å². The molecule has 1 N–H and O–H groups in total. The van der Waals surface area contributed by atoms with E-state index in [1.807, 2.05) is 24.3 Å². The molecular weight excluding hydrogens is 244 g/mol. The molecule has 1 amide bonds. The average molecular weight is 260 g/mol. The number of hydrogen-bond acceptors (Lipinski definition) is 3. The van der Waals surface area contributed by atoms with Crippen molar-refractivity contribution in [2.75, 3.05) is 12.3 Å². The van der Waals surface area contributed by atoms with Crippen LogP contribution >= 0.6 is 12.6 Å². The number of carbonyl (C=O) groups is 1. The summed E-state index contributed by atoms with van der Waals surface area (Å²) in [6.45, 7) is 0.626. The zero-order chi connectivity index (χ0) is 12.8. The van der Waals surface area contributed by atoms with Crippen molar-refractivity contribution in [2.45, 2.75) is 12.8 Å². The summed E-state index contributed by atoms with van der Waals surface area (Å²) in [5, 5.41) is 3.93. The van der Waals surface area contributed by atoms with Crippen molar-refractivity contribution < 1.29 is 4.79 Å². The van der Waals surface area contributed by atoms with Gasteiger partial charge in [-0.05, 0) is 24.1 Å². The highest BCUT2D eigenvalue weighted by atomic mass is 32.1. The van der Waals surface area contributed by atoms with Crippen LogP contribution in [0.3, 0.4) is 0 Å². The second-order valence-corrected chi connectivity index (χ2v) is 4.55. The molecule has 0 aliphatic heterocycles. The zero-order valence-corrected chi connectivity index (χ0v) is 11.0. The number of pyridine rings is 1. The van der Waals surface area contributed by atoms with Crippen molar-refractivity contribution in [1.29, 1.82) is 0 Å². The summed E-state index contributed by atoms with van der Waals surface area (Å²) in [5.41, 5.74) is 2.12. The Balaban J connectivity index is 1.97. The third-order valence-corrected chi connectivity index (χ3v) is 2.97. The van der Waals surface area contributed by atoms with Crippen LogP contribution in [0.2, 0.25) is 0 Å². The number of amides is 1. The van der Waals surface area contributed by atoms with Crippen LogP contribution in [0.4, 0.5) is 0 Å². The van der Waals surface area contributed by atoms with Gasteiger partial charge in [0.1, 0.15) is 0 Å². The smallest absolute Gasteiger partial charge is 0.220 e. The van der Waals surface area contributed by atoms with E-state index in [4.69, 9.17) is 0 Å². The van der Waals surface area contributed by atoms with Crippen LogP contribution in [-0.4, -0.2) is 23.2 Å². The molecular formula is C14H16N2OS. The highest BCUT2D eigenvalue weighted by Crippen LogP contribution is 2.14. The van der Waals surface area contributed by atoms with E-state index >= 15 is 0 Å². The van der Waals surface area contributed by atoms with Gasteiger partial charge in [-0.15, -0.1) is 0 Å². The number of hydrogen-bond donors (Lipinski definition) is 2. The van der Waals surface area contributed by atoms with E-state index < -0.39 is 0 Å². The molecule has 0 atom stereocenters. The van der Waals surface area contributed by atoms with E-state index in [2.05, 4.69) is 29.0 Å². The number of thiol groups is 1. The minimum Gasteiger partial charge on any atom is -0.355 e. The monoisotopic (exact) mass is 260 g/mol. The van der Waals surface area contributed by atoms with Crippen LogP contribution in [0.15, 0.2) is 36.5 Å². The number of fused-ring (bicyclic) bond motifs is 1. The zero-order valence-electron chi connectivity index (χ0n) is 10.1.